The Labute approximate surface area is 124 Å². The molecule has 2 rings (SSSR count). The van der Waals surface area contributed by atoms with Gasteiger partial charge in [-0.15, -0.1) is 0 Å². The van der Waals surface area contributed by atoms with Crippen molar-refractivity contribution in [1.29, 1.82) is 0 Å². The third kappa shape index (κ3) is 3.94. The summed E-state index contributed by atoms with van der Waals surface area (Å²) in [7, 11) is 2.27. The Morgan fingerprint density at radius 1 is 1.25 bits per heavy atom. The van der Waals surface area contributed by atoms with E-state index >= 15 is 0 Å². The lowest BCUT2D eigenvalue weighted by Gasteiger charge is -2.35. The minimum absolute atomic E-state index is 0.387. The van der Waals surface area contributed by atoms with E-state index in [2.05, 4.69) is 30.7 Å². The van der Waals surface area contributed by atoms with E-state index in [1.807, 2.05) is 0 Å². The number of nitrogens with zero attached hydrogens (tertiary/aromatic N) is 2. The Bertz CT molecular complexity index is 282. The zero-order valence-electron chi connectivity index (χ0n) is 13.6. The van der Waals surface area contributed by atoms with Crippen LogP contribution in [0.2, 0.25) is 0 Å². The van der Waals surface area contributed by atoms with Gasteiger partial charge in [0.25, 0.3) is 0 Å². The molecule has 2 heterocycles. The molecule has 2 aliphatic heterocycles. The van der Waals surface area contributed by atoms with Gasteiger partial charge in [0.1, 0.15) is 0 Å². The quantitative estimate of drug-likeness (QED) is 0.714. The molecule has 118 valence electrons. The number of morpholine rings is 1. The molecule has 0 bridgehead atoms. The maximum absolute atomic E-state index is 6.16. The van der Waals surface area contributed by atoms with Gasteiger partial charge < -0.3 is 9.47 Å². The fourth-order valence-electron chi connectivity index (χ4n) is 3.78. The lowest BCUT2D eigenvalue weighted by Crippen LogP contribution is -2.40. The van der Waals surface area contributed by atoms with Crippen LogP contribution in [0.5, 0.6) is 0 Å². The maximum Gasteiger partial charge on any atom is 0.0720 e. The van der Waals surface area contributed by atoms with Gasteiger partial charge in [-0.25, -0.2) is 0 Å². The fraction of sp³-hybridized carbons (Fsp3) is 1.00. The molecule has 0 amide bonds. The average molecular weight is 284 g/mol. The van der Waals surface area contributed by atoms with Crippen molar-refractivity contribution < 1.29 is 9.47 Å². The molecule has 0 saturated carbocycles. The summed E-state index contributed by atoms with van der Waals surface area (Å²) < 4.78 is 11.5. The van der Waals surface area contributed by atoms with Gasteiger partial charge in [0, 0.05) is 31.7 Å². The first-order valence-electron chi connectivity index (χ1n) is 8.33. The van der Waals surface area contributed by atoms with Crippen molar-refractivity contribution in [2.75, 3.05) is 53.0 Å². The van der Waals surface area contributed by atoms with E-state index in [0.29, 0.717) is 11.6 Å². The summed E-state index contributed by atoms with van der Waals surface area (Å²) in [5.41, 5.74) is 0.387. The molecule has 0 aromatic carbocycles. The number of ether oxygens (including phenoxy) is 2. The van der Waals surface area contributed by atoms with Crippen LogP contribution >= 0.6 is 0 Å². The van der Waals surface area contributed by atoms with Gasteiger partial charge in [-0.2, -0.15) is 0 Å². The number of rotatable bonds is 7. The van der Waals surface area contributed by atoms with Crippen LogP contribution in [0, 0.1) is 0 Å². The van der Waals surface area contributed by atoms with Crippen LogP contribution < -0.4 is 0 Å². The summed E-state index contributed by atoms with van der Waals surface area (Å²) in [5, 5.41) is 0. The normalized spacial score (nSPS) is 32.9. The van der Waals surface area contributed by atoms with Crippen LogP contribution in [-0.2, 0) is 9.47 Å². The predicted molar refractivity (Wildman–Crippen MR) is 82.2 cm³/mol. The zero-order valence-corrected chi connectivity index (χ0v) is 13.6. The molecule has 0 radical (unpaired) electrons. The minimum Gasteiger partial charge on any atom is -0.379 e. The van der Waals surface area contributed by atoms with Crippen molar-refractivity contribution in [1.82, 2.24) is 9.80 Å². The Hall–Kier alpha value is -0.160. The number of hydrogen-bond donors (Lipinski definition) is 0. The molecule has 2 atom stereocenters. The standard InChI is InChI=1S/C16H32N2O2/c1-4-6-16(5-2)13-15(14-17(16)3)20-12-9-18-7-10-19-11-8-18/h15H,4-14H2,1-3H3. The van der Waals surface area contributed by atoms with E-state index in [1.165, 1.54) is 25.7 Å². The number of likely N-dealkylation sites (N-methyl/N-ethyl adjacent to an activating group) is 1. The monoisotopic (exact) mass is 284 g/mol. The van der Waals surface area contributed by atoms with Gasteiger partial charge in [-0.05, 0) is 26.3 Å². The van der Waals surface area contributed by atoms with Gasteiger partial charge in [-0.1, -0.05) is 20.3 Å². The first-order valence-corrected chi connectivity index (χ1v) is 8.33. The highest BCUT2D eigenvalue weighted by molar-refractivity contribution is 4.97. The second-order valence-electron chi connectivity index (χ2n) is 6.36. The molecule has 2 aliphatic rings. The summed E-state index contributed by atoms with van der Waals surface area (Å²) in [6.45, 7) is 11.5. The second kappa shape index (κ2) is 7.74. The molecule has 0 aliphatic carbocycles. The van der Waals surface area contributed by atoms with E-state index in [1.54, 1.807) is 0 Å². The Morgan fingerprint density at radius 2 is 2.00 bits per heavy atom. The van der Waals surface area contributed by atoms with Crippen molar-refractivity contribution in [2.45, 2.75) is 51.2 Å². The molecule has 2 fully saturated rings. The van der Waals surface area contributed by atoms with E-state index in [0.717, 1.165) is 46.0 Å². The zero-order chi connectivity index (χ0) is 14.4. The van der Waals surface area contributed by atoms with Crippen LogP contribution in [0.1, 0.15) is 39.5 Å². The van der Waals surface area contributed by atoms with E-state index in [9.17, 15) is 0 Å². The van der Waals surface area contributed by atoms with Crippen LogP contribution in [0.3, 0.4) is 0 Å². The Balaban J connectivity index is 1.71. The smallest absolute Gasteiger partial charge is 0.0720 e. The molecule has 4 heteroatoms. The van der Waals surface area contributed by atoms with E-state index < -0.39 is 0 Å². The topological polar surface area (TPSA) is 24.9 Å². The molecule has 2 unspecified atom stereocenters. The molecular formula is C16H32N2O2. The molecule has 20 heavy (non-hydrogen) atoms. The summed E-state index contributed by atoms with van der Waals surface area (Å²) in [6, 6.07) is 0. The lowest BCUT2D eigenvalue weighted by molar-refractivity contribution is 0.00415. The van der Waals surface area contributed by atoms with Crippen LogP contribution in [-0.4, -0.2) is 74.5 Å². The van der Waals surface area contributed by atoms with Crippen molar-refractivity contribution >= 4 is 0 Å². The lowest BCUT2D eigenvalue weighted by atomic mass is 9.87. The summed E-state index contributed by atoms with van der Waals surface area (Å²) in [6.07, 6.45) is 5.42. The Morgan fingerprint density at radius 3 is 2.65 bits per heavy atom. The highest BCUT2D eigenvalue weighted by Crippen LogP contribution is 2.36. The number of hydrogen-bond acceptors (Lipinski definition) is 4. The highest BCUT2D eigenvalue weighted by Gasteiger charge is 2.41. The Kier molecular flexibility index (Phi) is 6.27. The van der Waals surface area contributed by atoms with Gasteiger partial charge in [0.2, 0.25) is 0 Å². The third-order valence-electron chi connectivity index (χ3n) is 5.13. The van der Waals surface area contributed by atoms with Gasteiger partial charge in [0.15, 0.2) is 0 Å². The molecular weight excluding hydrogens is 252 g/mol. The maximum atomic E-state index is 6.16. The van der Waals surface area contributed by atoms with Gasteiger partial charge in [-0.3, -0.25) is 9.80 Å². The molecule has 0 aromatic rings. The SMILES string of the molecule is CCCC1(CC)CC(OCCN2CCOCC2)CN1C. The predicted octanol–water partition coefficient (Wildman–Crippen LogP) is 1.99. The van der Waals surface area contributed by atoms with Crippen molar-refractivity contribution in [3.8, 4) is 0 Å². The van der Waals surface area contributed by atoms with Gasteiger partial charge in [0.05, 0.1) is 25.9 Å². The molecule has 2 saturated heterocycles. The van der Waals surface area contributed by atoms with E-state index in [-0.39, 0.29) is 0 Å². The average Bonchev–Trinajstić information content (AvgIpc) is 2.77. The third-order valence-corrected chi connectivity index (χ3v) is 5.13. The minimum atomic E-state index is 0.387. The van der Waals surface area contributed by atoms with E-state index in [4.69, 9.17) is 9.47 Å². The molecule has 4 nitrogen and oxygen atoms in total. The van der Waals surface area contributed by atoms with Crippen molar-refractivity contribution in [2.24, 2.45) is 0 Å². The highest BCUT2D eigenvalue weighted by atomic mass is 16.5. The first-order chi connectivity index (χ1) is 9.70. The first kappa shape index (κ1) is 16.2. The fourth-order valence-corrected chi connectivity index (χ4v) is 3.78. The molecule has 0 N–H and O–H groups in total. The summed E-state index contributed by atoms with van der Waals surface area (Å²) in [5.74, 6) is 0. The van der Waals surface area contributed by atoms with Crippen LogP contribution in [0.25, 0.3) is 0 Å². The van der Waals surface area contributed by atoms with Gasteiger partial charge >= 0.3 is 0 Å². The summed E-state index contributed by atoms with van der Waals surface area (Å²) in [4.78, 5) is 4.98. The van der Waals surface area contributed by atoms with Crippen molar-refractivity contribution in [3.05, 3.63) is 0 Å². The van der Waals surface area contributed by atoms with Crippen LogP contribution in [0.15, 0.2) is 0 Å². The van der Waals surface area contributed by atoms with Crippen LogP contribution in [0.4, 0.5) is 0 Å². The largest absolute Gasteiger partial charge is 0.379 e. The summed E-state index contributed by atoms with van der Waals surface area (Å²) >= 11 is 0. The molecule has 0 aromatic heterocycles. The second-order valence-corrected chi connectivity index (χ2v) is 6.36. The number of likely N-dealkylation sites (tertiary alicyclic amines) is 1. The molecule has 0 spiro atoms. The van der Waals surface area contributed by atoms with Crippen molar-refractivity contribution in [3.63, 3.8) is 0 Å².